The van der Waals surface area contributed by atoms with Crippen molar-refractivity contribution in [3.8, 4) is 33.8 Å². The number of benzene rings is 8. The van der Waals surface area contributed by atoms with Gasteiger partial charge in [0.15, 0.2) is 0 Å². The van der Waals surface area contributed by atoms with Crippen LogP contribution >= 0.6 is 0 Å². The lowest BCUT2D eigenvalue weighted by molar-refractivity contribution is 0.436. The van der Waals surface area contributed by atoms with Gasteiger partial charge in [-0.3, -0.25) is 4.99 Å². The van der Waals surface area contributed by atoms with Crippen molar-refractivity contribution in [2.24, 2.45) is 4.99 Å². The monoisotopic (exact) mass is 692 g/mol. The Labute approximate surface area is 314 Å². The fourth-order valence-electron chi connectivity index (χ4n) is 9.04. The number of fused-ring (bicyclic) bond motifs is 10. The van der Waals surface area contributed by atoms with Crippen molar-refractivity contribution in [1.82, 2.24) is 5.32 Å². The van der Waals surface area contributed by atoms with Gasteiger partial charge in [0, 0.05) is 16.7 Å². The topological polar surface area (TPSA) is 47.7 Å². The molecule has 0 fully saturated rings. The number of hydrogen-bond acceptors (Lipinski definition) is 3. The third-order valence-corrected chi connectivity index (χ3v) is 11.4. The molecule has 0 saturated heterocycles. The summed E-state index contributed by atoms with van der Waals surface area (Å²) in [5, 5.41) is 11.4. The highest BCUT2D eigenvalue weighted by molar-refractivity contribution is 6.01. The third kappa shape index (κ3) is 4.57. The molecule has 1 aliphatic carbocycles. The molecule has 2 heterocycles. The number of nitrogens with one attached hydrogen (secondary N) is 1. The highest BCUT2D eigenvalue weighted by Crippen LogP contribution is 2.63. The van der Waals surface area contributed by atoms with Crippen molar-refractivity contribution in [3.63, 3.8) is 0 Å². The van der Waals surface area contributed by atoms with Gasteiger partial charge in [0.05, 0.1) is 5.41 Å². The molecule has 4 heteroatoms. The minimum atomic E-state index is -0.500. The fourth-order valence-corrected chi connectivity index (χ4v) is 9.04. The Morgan fingerprint density at radius 1 is 0.500 bits per heavy atom. The smallest absolute Gasteiger partial charge is 0.132 e. The van der Waals surface area contributed by atoms with Crippen LogP contribution in [0.15, 0.2) is 193 Å². The molecule has 256 valence electrons. The second-order valence-electron chi connectivity index (χ2n) is 14.2. The molecule has 0 radical (unpaired) electrons. The Morgan fingerprint density at radius 2 is 1.11 bits per heavy atom. The highest BCUT2D eigenvalue weighted by atomic mass is 16.5. The lowest BCUT2D eigenvalue weighted by Crippen LogP contribution is -2.34. The molecule has 54 heavy (non-hydrogen) atoms. The predicted octanol–water partition coefficient (Wildman–Crippen LogP) is 12.1. The van der Waals surface area contributed by atoms with Crippen LogP contribution in [0.5, 0.6) is 11.5 Å². The minimum absolute atomic E-state index is 0.260. The van der Waals surface area contributed by atoms with Crippen molar-refractivity contribution in [1.29, 1.82) is 0 Å². The van der Waals surface area contributed by atoms with E-state index in [4.69, 9.17) is 15.0 Å². The van der Waals surface area contributed by atoms with Crippen LogP contribution in [0.1, 0.15) is 51.3 Å². The highest BCUT2D eigenvalue weighted by Gasteiger charge is 2.51. The first kappa shape index (κ1) is 30.8. The summed E-state index contributed by atoms with van der Waals surface area (Å²) < 4.78 is 6.55. The number of ether oxygens (including phenoxy) is 1. The Bertz CT molecular complexity index is 2720. The zero-order valence-corrected chi connectivity index (χ0v) is 29.4. The number of aliphatic imine (C=N–C) groups is 1. The number of amidine groups is 1. The van der Waals surface area contributed by atoms with E-state index in [-0.39, 0.29) is 12.3 Å². The molecule has 0 amide bonds. The summed E-state index contributed by atoms with van der Waals surface area (Å²) in [6, 6.07) is 66.9. The van der Waals surface area contributed by atoms with Crippen molar-refractivity contribution >= 4 is 16.6 Å². The van der Waals surface area contributed by atoms with Crippen LogP contribution in [-0.4, -0.2) is 5.84 Å². The van der Waals surface area contributed by atoms with Crippen molar-refractivity contribution in [2.75, 3.05) is 0 Å². The molecule has 0 bridgehead atoms. The number of rotatable bonds is 4. The summed E-state index contributed by atoms with van der Waals surface area (Å²) in [6.07, 6.45) is -0.635. The van der Waals surface area contributed by atoms with Crippen LogP contribution in [-0.2, 0) is 5.41 Å². The first-order valence-electron chi connectivity index (χ1n) is 18.6. The largest absolute Gasteiger partial charge is 0.613 e. The number of para-hydroxylation sites is 2. The summed E-state index contributed by atoms with van der Waals surface area (Å²) >= 11 is 0. The van der Waals surface area contributed by atoms with Gasteiger partial charge in [-0.25, -0.2) is 0 Å². The van der Waals surface area contributed by atoms with Crippen LogP contribution in [0.2, 0.25) is 0 Å². The molecular formula is C50H34N3O-. The molecule has 11 rings (SSSR count). The van der Waals surface area contributed by atoms with Crippen molar-refractivity contribution in [2.45, 2.75) is 17.7 Å². The van der Waals surface area contributed by atoms with Crippen LogP contribution in [0.4, 0.5) is 0 Å². The lowest BCUT2D eigenvalue weighted by atomic mass is 9.66. The van der Waals surface area contributed by atoms with Crippen LogP contribution in [0.3, 0.4) is 0 Å². The van der Waals surface area contributed by atoms with Gasteiger partial charge in [-0.15, -0.1) is 0 Å². The Hall–Kier alpha value is -6.75. The van der Waals surface area contributed by atoms with Crippen molar-refractivity contribution in [3.05, 3.63) is 232 Å². The van der Waals surface area contributed by atoms with Gasteiger partial charge < -0.3 is 15.4 Å². The minimum Gasteiger partial charge on any atom is -0.613 e. The molecule has 8 aromatic rings. The maximum absolute atomic E-state index is 6.55. The van der Waals surface area contributed by atoms with E-state index in [0.29, 0.717) is 0 Å². The summed E-state index contributed by atoms with van der Waals surface area (Å²) in [5.41, 5.74) is 12.5. The molecule has 1 N–H and O–H groups in total. The zero-order chi connectivity index (χ0) is 35.6. The first-order chi connectivity index (χ1) is 26.8. The van der Waals surface area contributed by atoms with Crippen LogP contribution < -0.4 is 10.1 Å². The SMILES string of the molecule is c1ccc(C2=NC(c3ccc(-c4cccc5c4-c4ccccc4C54c5ccccc5Oc5ccccc54)cc3)[N-]C(c3cccc4ccccc34)N2)cc1. The van der Waals surface area contributed by atoms with Crippen LogP contribution in [0.25, 0.3) is 38.3 Å². The first-order valence-corrected chi connectivity index (χ1v) is 18.6. The molecule has 2 atom stereocenters. The van der Waals surface area contributed by atoms with E-state index in [2.05, 4.69) is 187 Å². The fraction of sp³-hybridized carbons (Fsp3) is 0.0600. The van der Waals surface area contributed by atoms with Gasteiger partial charge in [-0.05, 0) is 79.7 Å². The van der Waals surface area contributed by atoms with E-state index in [0.717, 1.165) is 39.6 Å². The maximum Gasteiger partial charge on any atom is 0.132 e. The Morgan fingerprint density at radius 3 is 1.91 bits per heavy atom. The summed E-state index contributed by atoms with van der Waals surface area (Å²) in [5.74, 6) is 2.64. The molecular weight excluding hydrogens is 659 g/mol. The van der Waals surface area contributed by atoms with E-state index in [1.165, 1.54) is 49.7 Å². The number of hydrogen-bond donors (Lipinski definition) is 1. The van der Waals surface area contributed by atoms with Crippen molar-refractivity contribution < 1.29 is 4.74 Å². The van der Waals surface area contributed by atoms with E-state index in [1.807, 2.05) is 6.07 Å². The molecule has 4 nitrogen and oxygen atoms in total. The lowest BCUT2D eigenvalue weighted by Gasteiger charge is -2.44. The average molecular weight is 693 g/mol. The van der Waals surface area contributed by atoms with Gasteiger partial charge in [0.2, 0.25) is 0 Å². The Kier molecular flexibility index (Phi) is 6.94. The van der Waals surface area contributed by atoms with Gasteiger partial charge in [-0.2, -0.15) is 0 Å². The normalized spacial score (nSPS) is 17.4. The zero-order valence-electron chi connectivity index (χ0n) is 29.4. The summed E-state index contributed by atoms with van der Waals surface area (Å²) in [6.45, 7) is 0. The molecule has 8 aromatic carbocycles. The molecule has 3 aliphatic rings. The summed E-state index contributed by atoms with van der Waals surface area (Å²) in [7, 11) is 0. The quantitative estimate of drug-likeness (QED) is 0.200. The standard InChI is InChI=1S/C50H34N3O/c1-2-15-34(16-3-1)47-51-48(53-49(52-47)38-21-12-17-32-14-4-5-18-36(32)38)35-30-28-33(29-31-35)37-20-13-25-43-46(37)39-19-6-7-22-40(39)50(43)41-23-8-10-26-44(41)54-45-27-11-9-24-42(45)50/h1-31,48-49H,(H,51,52)/q-1. The second kappa shape index (κ2) is 12.2. The summed E-state index contributed by atoms with van der Waals surface area (Å²) in [4.78, 5) is 5.19. The van der Waals surface area contributed by atoms with E-state index >= 15 is 0 Å². The van der Waals surface area contributed by atoms with Gasteiger partial charge >= 0.3 is 0 Å². The van der Waals surface area contributed by atoms with E-state index in [1.54, 1.807) is 0 Å². The van der Waals surface area contributed by atoms with E-state index < -0.39 is 5.41 Å². The van der Waals surface area contributed by atoms with Gasteiger partial charge in [-0.1, -0.05) is 176 Å². The molecule has 2 unspecified atom stereocenters. The molecule has 1 spiro atoms. The van der Waals surface area contributed by atoms with Gasteiger partial charge in [0.1, 0.15) is 17.3 Å². The van der Waals surface area contributed by atoms with Gasteiger partial charge in [0.25, 0.3) is 0 Å². The van der Waals surface area contributed by atoms with E-state index in [9.17, 15) is 0 Å². The van der Waals surface area contributed by atoms with Crippen LogP contribution in [0, 0.1) is 0 Å². The average Bonchev–Trinajstić information content (AvgIpc) is 3.54. The number of nitrogens with zero attached hydrogens (tertiary/aromatic N) is 2. The third-order valence-electron chi connectivity index (χ3n) is 11.4. The molecule has 0 saturated carbocycles. The second-order valence-corrected chi connectivity index (χ2v) is 14.2. The Balaban J connectivity index is 1.03. The maximum atomic E-state index is 6.55. The predicted molar refractivity (Wildman–Crippen MR) is 218 cm³/mol. The molecule has 2 aliphatic heterocycles. The molecule has 0 aromatic heterocycles.